The number of amides is 1. The van der Waals surface area contributed by atoms with Crippen LogP contribution in [0.25, 0.3) is 11.0 Å². The number of imidazole rings is 1. The quantitative estimate of drug-likeness (QED) is 0.457. The molecule has 0 atom stereocenters. The third-order valence-corrected chi connectivity index (χ3v) is 5.29. The van der Waals surface area contributed by atoms with E-state index < -0.39 is 0 Å². The fourth-order valence-corrected chi connectivity index (χ4v) is 3.57. The number of ether oxygens (including phenoxy) is 2. The maximum Gasteiger partial charge on any atom is 0.251 e. The first-order valence-electron chi connectivity index (χ1n) is 9.78. The maximum absolute atomic E-state index is 12.7. The summed E-state index contributed by atoms with van der Waals surface area (Å²) in [5.74, 6) is 1.63. The summed E-state index contributed by atoms with van der Waals surface area (Å²) in [6, 6.07) is 20.7. The normalized spacial score (nSPS) is 10.8. The molecule has 1 heterocycles. The molecule has 0 saturated carbocycles. The topological polar surface area (TPSA) is 65.4 Å². The maximum atomic E-state index is 12.7. The standard InChI is InChI=1S/C24H22ClN3O3/c1-30-21-12-9-17(13-22(21)31-2)24(29)26-14-23-27-19-5-3-4-6-20(19)28(23)15-16-7-10-18(25)11-8-16/h3-13H,14-15H2,1-2H3,(H,26,29). The van der Waals surface area contributed by atoms with E-state index in [-0.39, 0.29) is 12.5 Å². The number of benzene rings is 3. The van der Waals surface area contributed by atoms with Crippen LogP contribution in [0.3, 0.4) is 0 Å². The fraction of sp³-hybridized carbons (Fsp3) is 0.167. The number of rotatable bonds is 7. The number of hydrogen-bond acceptors (Lipinski definition) is 4. The Hall–Kier alpha value is -3.51. The number of methoxy groups -OCH3 is 2. The number of halogens is 1. The van der Waals surface area contributed by atoms with E-state index in [0.717, 1.165) is 22.4 Å². The van der Waals surface area contributed by atoms with E-state index in [2.05, 4.69) is 9.88 Å². The Labute approximate surface area is 185 Å². The summed E-state index contributed by atoms with van der Waals surface area (Å²) in [6.07, 6.45) is 0. The van der Waals surface area contributed by atoms with Crippen LogP contribution in [0.1, 0.15) is 21.7 Å². The Bertz CT molecular complexity index is 1220. The predicted octanol–water partition coefficient (Wildman–Crippen LogP) is 4.69. The second kappa shape index (κ2) is 9.10. The Morgan fingerprint density at radius 2 is 1.74 bits per heavy atom. The van der Waals surface area contributed by atoms with Gasteiger partial charge in [0.15, 0.2) is 11.5 Å². The number of nitrogens with one attached hydrogen (secondary N) is 1. The molecule has 1 amide bonds. The SMILES string of the molecule is COc1ccc(C(=O)NCc2nc3ccccc3n2Cc2ccc(Cl)cc2)cc1OC. The second-order valence-electron chi connectivity index (χ2n) is 6.98. The summed E-state index contributed by atoms with van der Waals surface area (Å²) in [5, 5.41) is 3.66. The molecule has 0 fully saturated rings. The lowest BCUT2D eigenvalue weighted by Gasteiger charge is -2.12. The monoisotopic (exact) mass is 435 g/mol. The van der Waals surface area contributed by atoms with Crippen LogP contribution in [0.4, 0.5) is 0 Å². The number of hydrogen-bond donors (Lipinski definition) is 1. The van der Waals surface area contributed by atoms with Crippen molar-refractivity contribution in [1.29, 1.82) is 0 Å². The van der Waals surface area contributed by atoms with Gasteiger partial charge in [0.25, 0.3) is 5.91 Å². The van der Waals surface area contributed by atoms with Gasteiger partial charge in [-0.1, -0.05) is 35.9 Å². The molecule has 4 rings (SSSR count). The molecule has 6 nitrogen and oxygen atoms in total. The van der Waals surface area contributed by atoms with Crippen molar-refractivity contribution in [3.05, 3.63) is 88.7 Å². The van der Waals surface area contributed by atoms with Crippen molar-refractivity contribution in [2.45, 2.75) is 13.1 Å². The van der Waals surface area contributed by atoms with Gasteiger partial charge >= 0.3 is 0 Å². The van der Waals surface area contributed by atoms with Crippen LogP contribution in [0.2, 0.25) is 5.02 Å². The summed E-state index contributed by atoms with van der Waals surface area (Å²) in [5.41, 5.74) is 3.47. The molecule has 3 aromatic carbocycles. The molecule has 7 heteroatoms. The number of carbonyl (C=O) groups excluding carboxylic acids is 1. The molecule has 1 N–H and O–H groups in total. The van der Waals surface area contributed by atoms with E-state index >= 15 is 0 Å². The minimum Gasteiger partial charge on any atom is -0.493 e. The summed E-state index contributed by atoms with van der Waals surface area (Å²) in [7, 11) is 3.10. The van der Waals surface area contributed by atoms with Crippen LogP contribution in [0.5, 0.6) is 11.5 Å². The molecule has 0 aliphatic heterocycles. The molecule has 0 aliphatic rings. The third-order valence-electron chi connectivity index (χ3n) is 5.04. The van der Waals surface area contributed by atoms with Gasteiger partial charge < -0.3 is 19.4 Å². The molecule has 0 radical (unpaired) electrons. The zero-order valence-corrected chi connectivity index (χ0v) is 18.0. The smallest absolute Gasteiger partial charge is 0.251 e. The third kappa shape index (κ3) is 4.49. The molecule has 0 spiro atoms. The number of carbonyl (C=O) groups is 1. The highest BCUT2D eigenvalue weighted by atomic mass is 35.5. The highest BCUT2D eigenvalue weighted by Crippen LogP contribution is 2.27. The van der Waals surface area contributed by atoms with Gasteiger partial charge in [0.05, 0.1) is 31.8 Å². The van der Waals surface area contributed by atoms with E-state index in [1.54, 1.807) is 32.4 Å². The van der Waals surface area contributed by atoms with Gasteiger partial charge in [0, 0.05) is 17.1 Å². The van der Waals surface area contributed by atoms with Crippen molar-refractivity contribution in [2.75, 3.05) is 14.2 Å². The van der Waals surface area contributed by atoms with Gasteiger partial charge in [-0.2, -0.15) is 0 Å². The van der Waals surface area contributed by atoms with E-state index in [1.807, 2.05) is 48.5 Å². The summed E-state index contributed by atoms with van der Waals surface area (Å²) >= 11 is 6.02. The van der Waals surface area contributed by atoms with Crippen LogP contribution < -0.4 is 14.8 Å². The number of fused-ring (bicyclic) bond motifs is 1. The number of nitrogens with zero attached hydrogens (tertiary/aromatic N) is 2. The molecular formula is C24H22ClN3O3. The van der Waals surface area contributed by atoms with Crippen molar-refractivity contribution in [1.82, 2.24) is 14.9 Å². The zero-order chi connectivity index (χ0) is 21.8. The van der Waals surface area contributed by atoms with Crippen molar-refractivity contribution in [2.24, 2.45) is 0 Å². The molecule has 158 valence electrons. The van der Waals surface area contributed by atoms with Crippen molar-refractivity contribution >= 4 is 28.5 Å². The average Bonchev–Trinajstić information content (AvgIpc) is 3.15. The lowest BCUT2D eigenvalue weighted by atomic mass is 10.2. The van der Waals surface area contributed by atoms with Crippen LogP contribution in [-0.2, 0) is 13.1 Å². The van der Waals surface area contributed by atoms with E-state index in [0.29, 0.717) is 28.6 Å². The van der Waals surface area contributed by atoms with Crippen LogP contribution in [0.15, 0.2) is 66.7 Å². The first kappa shape index (κ1) is 20.8. The minimum absolute atomic E-state index is 0.217. The average molecular weight is 436 g/mol. The Kier molecular flexibility index (Phi) is 6.09. The lowest BCUT2D eigenvalue weighted by molar-refractivity contribution is 0.0949. The largest absolute Gasteiger partial charge is 0.493 e. The molecule has 0 aliphatic carbocycles. The van der Waals surface area contributed by atoms with Crippen molar-refractivity contribution < 1.29 is 14.3 Å². The van der Waals surface area contributed by atoms with Gasteiger partial charge in [-0.3, -0.25) is 4.79 Å². The van der Waals surface area contributed by atoms with E-state index in [1.165, 1.54) is 0 Å². The fourth-order valence-electron chi connectivity index (χ4n) is 3.45. The number of aromatic nitrogens is 2. The molecule has 4 aromatic rings. The Balaban J connectivity index is 1.58. The molecule has 0 unspecified atom stereocenters. The van der Waals surface area contributed by atoms with Crippen molar-refractivity contribution in [3.8, 4) is 11.5 Å². The summed E-state index contributed by atoms with van der Waals surface area (Å²) in [6.45, 7) is 0.911. The predicted molar refractivity (Wildman–Crippen MR) is 121 cm³/mol. The van der Waals surface area contributed by atoms with Gasteiger partial charge in [0.1, 0.15) is 5.82 Å². The minimum atomic E-state index is -0.217. The lowest BCUT2D eigenvalue weighted by Crippen LogP contribution is -2.25. The first-order valence-corrected chi connectivity index (χ1v) is 10.2. The zero-order valence-electron chi connectivity index (χ0n) is 17.3. The van der Waals surface area contributed by atoms with Crippen LogP contribution in [-0.4, -0.2) is 29.7 Å². The van der Waals surface area contributed by atoms with Gasteiger partial charge in [-0.15, -0.1) is 0 Å². The molecule has 1 aromatic heterocycles. The van der Waals surface area contributed by atoms with Gasteiger partial charge in [-0.05, 0) is 48.0 Å². The van der Waals surface area contributed by atoms with E-state index in [4.69, 9.17) is 26.1 Å². The molecule has 0 bridgehead atoms. The molecular weight excluding hydrogens is 414 g/mol. The van der Waals surface area contributed by atoms with Crippen molar-refractivity contribution in [3.63, 3.8) is 0 Å². The van der Waals surface area contributed by atoms with Crippen LogP contribution >= 0.6 is 11.6 Å². The van der Waals surface area contributed by atoms with Gasteiger partial charge in [-0.25, -0.2) is 4.98 Å². The Morgan fingerprint density at radius 3 is 2.48 bits per heavy atom. The van der Waals surface area contributed by atoms with E-state index in [9.17, 15) is 4.79 Å². The summed E-state index contributed by atoms with van der Waals surface area (Å²) < 4.78 is 12.6. The Morgan fingerprint density at radius 1 is 1.00 bits per heavy atom. The highest BCUT2D eigenvalue weighted by Gasteiger charge is 2.14. The number of para-hydroxylation sites is 2. The molecule has 31 heavy (non-hydrogen) atoms. The highest BCUT2D eigenvalue weighted by molar-refractivity contribution is 6.30. The summed E-state index contributed by atoms with van der Waals surface area (Å²) in [4.78, 5) is 17.5. The van der Waals surface area contributed by atoms with Crippen LogP contribution in [0, 0.1) is 0 Å². The van der Waals surface area contributed by atoms with Gasteiger partial charge in [0.2, 0.25) is 0 Å². The first-order chi connectivity index (χ1) is 15.1. The second-order valence-corrected chi connectivity index (χ2v) is 7.42. The molecule has 0 saturated heterocycles.